The van der Waals surface area contributed by atoms with Crippen molar-refractivity contribution in [3.05, 3.63) is 24.0 Å². The molecule has 132 valence electrons. The van der Waals surface area contributed by atoms with E-state index in [0.29, 0.717) is 25.4 Å². The van der Waals surface area contributed by atoms with E-state index in [2.05, 4.69) is 0 Å². The summed E-state index contributed by atoms with van der Waals surface area (Å²) in [5, 5.41) is 9.86. The Balaban J connectivity index is 2.12. The minimum absolute atomic E-state index is 0.0530. The zero-order chi connectivity index (χ0) is 17.1. The van der Waals surface area contributed by atoms with Crippen molar-refractivity contribution in [2.24, 2.45) is 0 Å². The molecule has 0 saturated heterocycles. The predicted molar refractivity (Wildman–Crippen MR) is 85.8 cm³/mol. The molecular weight excluding hydrogens is 324 g/mol. The van der Waals surface area contributed by atoms with Gasteiger partial charge in [0.25, 0.3) is 7.52 Å². The Morgan fingerprint density at radius 1 is 1.17 bits per heavy atom. The van der Waals surface area contributed by atoms with Crippen LogP contribution in [0.25, 0.3) is 0 Å². The molecule has 0 fully saturated rings. The molecule has 1 unspecified atom stereocenters. The van der Waals surface area contributed by atoms with Crippen LogP contribution >= 0.6 is 7.52 Å². The first-order chi connectivity index (χ1) is 11.0. The molecule has 0 bridgehead atoms. The van der Waals surface area contributed by atoms with Gasteiger partial charge in [-0.1, -0.05) is 19.3 Å². The van der Waals surface area contributed by atoms with E-state index >= 15 is 0 Å². The zero-order valence-electron chi connectivity index (χ0n) is 13.3. The third-order valence-electron chi connectivity index (χ3n) is 3.23. The average molecular weight is 349 g/mol. The van der Waals surface area contributed by atoms with Crippen LogP contribution < -0.4 is 14.7 Å². The number of rotatable bonds is 12. The molecule has 1 rings (SSSR count). The van der Waals surface area contributed by atoms with Crippen LogP contribution in [-0.2, 0) is 4.57 Å². The molecule has 0 aliphatic rings. The van der Waals surface area contributed by atoms with Gasteiger partial charge in [0.2, 0.25) is 0 Å². The second kappa shape index (κ2) is 10.6. The number of hydrogen-bond donors (Lipinski definition) is 3. The number of ether oxygens (including phenoxy) is 2. The van der Waals surface area contributed by atoms with Crippen molar-refractivity contribution in [1.82, 2.24) is 5.25 Å². The molecule has 0 heterocycles. The predicted octanol–water partition coefficient (Wildman–Crippen LogP) is 3.72. The van der Waals surface area contributed by atoms with Gasteiger partial charge in [0.05, 0.1) is 13.2 Å². The highest BCUT2D eigenvalue weighted by Gasteiger charge is 2.14. The van der Waals surface area contributed by atoms with Gasteiger partial charge in [0.15, 0.2) is 11.6 Å². The first-order valence-electron chi connectivity index (χ1n) is 7.77. The van der Waals surface area contributed by atoms with Gasteiger partial charge in [-0.2, -0.15) is 0 Å². The van der Waals surface area contributed by atoms with Gasteiger partial charge in [-0.3, -0.25) is 4.57 Å². The van der Waals surface area contributed by atoms with E-state index in [4.69, 9.17) is 19.6 Å². The molecule has 0 saturated carbocycles. The first kappa shape index (κ1) is 19.9. The minimum Gasteiger partial charge on any atom is -0.494 e. The lowest BCUT2D eigenvalue weighted by Gasteiger charge is -2.09. The Hall–Kier alpha value is -1.14. The summed E-state index contributed by atoms with van der Waals surface area (Å²) < 4.78 is 35.4. The maximum atomic E-state index is 13.7. The van der Waals surface area contributed by atoms with Gasteiger partial charge in [-0.25, -0.2) is 4.39 Å². The fourth-order valence-electron chi connectivity index (χ4n) is 2.05. The highest BCUT2D eigenvalue weighted by Crippen LogP contribution is 2.35. The number of benzene rings is 1. The van der Waals surface area contributed by atoms with E-state index in [1.165, 1.54) is 11.3 Å². The van der Waals surface area contributed by atoms with Crippen molar-refractivity contribution in [1.29, 1.82) is 0 Å². The lowest BCUT2D eigenvalue weighted by atomic mass is 10.2. The van der Waals surface area contributed by atoms with E-state index in [0.717, 1.165) is 25.7 Å². The molecule has 1 aromatic carbocycles. The standard InChI is InChI=1S/C15H25FNO5P/c1-2-21-13-8-9-15(14(16)12-13)22-10-6-4-3-5-7-11-23(19,20)17-18/h8-9,12,18H,2-7,10-11H2,1H3,(H2,17,19,20). The van der Waals surface area contributed by atoms with Crippen molar-refractivity contribution in [2.75, 3.05) is 19.4 Å². The van der Waals surface area contributed by atoms with E-state index < -0.39 is 13.3 Å². The third-order valence-corrected chi connectivity index (χ3v) is 4.47. The number of unbranched alkanes of at least 4 members (excludes halogenated alkanes) is 4. The van der Waals surface area contributed by atoms with Crippen molar-refractivity contribution < 1.29 is 28.5 Å². The highest BCUT2D eigenvalue weighted by molar-refractivity contribution is 7.55. The van der Waals surface area contributed by atoms with Crippen LogP contribution in [-0.4, -0.2) is 29.5 Å². The molecule has 8 heteroatoms. The Bertz CT molecular complexity index is 515. The molecule has 6 nitrogen and oxygen atoms in total. The molecule has 0 amide bonds. The second-order valence-electron chi connectivity index (χ2n) is 5.17. The Labute approximate surface area is 136 Å². The maximum Gasteiger partial charge on any atom is 0.289 e. The Morgan fingerprint density at radius 2 is 1.87 bits per heavy atom. The number of nitrogens with one attached hydrogen (secondary N) is 1. The van der Waals surface area contributed by atoms with E-state index in [1.807, 2.05) is 6.92 Å². The van der Waals surface area contributed by atoms with E-state index in [9.17, 15) is 8.96 Å². The van der Waals surface area contributed by atoms with Gasteiger partial charge in [0, 0.05) is 12.2 Å². The summed E-state index contributed by atoms with van der Waals surface area (Å²) in [5.74, 6) is 0.255. The molecule has 1 atom stereocenters. The zero-order valence-corrected chi connectivity index (χ0v) is 14.2. The Morgan fingerprint density at radius 3 is 2.52 bits per heavy atom. The van der Waals surface area contributed by atoms with Crippen LogP contribution in [0.15, 0.2) is 18.2 Å². The van der Waals surface area contributed by atoms with Gasteiger partial charge in [-0.15, -0.1) is 5.25 Å². The van der Waals surface area contributed by atoms with Gasteiger partial charge >= 0.3 is 0 Å². The van der Waals surface area contributed by atoms with Crippen molar-refractivity contribution in [3.63, 3.8) is 0 Å². The summed E-state index contributed by atoms with van der Waals surface area (Å²) >= 11 is 0. The summed E-state index contributed by atoms with van der Waals surface area (Å²) in [7, 11) is -3.56. The smallest absolute Gasteiger partial charge is 0.289 e. The molecule has 0 aromatic heterocycles. The van der Waals surface area contributed by atoms with Crippen molar-refractivity contribution >= 4 is 7.52 Å². The molecule has 0 spiro atoms. The summed E-state index contributed by atoms with van der Waals surface area (Å²) in [6.07, 6.45) is 3.97. The van der Waals surface area contributed by atoms with E-state index in [1.54, 1.807) is 12.1 Å². The molecular formula is C15H25FNO5P. The molecule has 0 aliphatic heterocycles. The van der Waals surface area contributed by atoms with Crippen LogP contribution in [0.3, 0.4) is 0 Å². The van der Waals surface area contributed by atoms with Crippen molar-refractivity contribution in [2.45, 2.75) is 39.0 Å². The van der Waals surface area contributed by atoms with Gasteiger partial charge in [-0.05, 0) is 31.9 Å². The molecule has 0 radical (unpaired) electrons. The largest absolute Gasteiger partial charge is 0.494 e. The number of hydrogen-bond acceptors (Lipinski definition) is 4. The molecule has 1 aromatic rings. The van der Waals surface area contributed by atoms with Gasteiger partial charge in [0.1, 0.15) is 5.75 Å². The molecule has 3 N–H and O–H groups in total. The highest BCUT2D eigenvalue weighted by atomic mass is 31.2. The Kier molecular flexibility index (Phi) is 9.17. The summed E-state index contributed by atoms with van der Waals surface area (Å²) in [5.41, 5.74) is 0. The summed E-state index contributed by atoms with van der Waals surface area (Å²) in [6, 6.07) is 4.53. The monoisotopic (exact) mass is 349 g/mol. The minimum atomic E-state index is -3.56. The van der Waals surface area contributed by atoms with Crippen LogP contribution in [0.2, 0.25) is 0 Å². The third kappa shape index (κ3) is 8.32. The van der Waals surface area contributed by atoms with E-state index in [-0.39, 0.29) is 11.9 Å². The summed E-state index contributed by atoms with van der Waals surface area (Å²) in [4.78, 5) is 9.10. The van der Waals surface area contributed by atoms with Crippen molar-refractivity contribution in [3.8, 4) is 11.5 Å². The lowest BCUT2D eigenvalue weighted by Crippen LogP contribution is -2.06. The van der Waals surface area contributed by atoms with Crippen LogP contribution in [0, 0.1) is 5.82 Å². The van der Waals surface area contributed by atoms with Crippen LogP contribution in [0.1, 0.15) is 39.0 Å². The topological polar surface area (TPSA) is 88.0 Å². The van der Waals surface area contributed by atoms with Crippen LogP contribution in [0.4, 0.5) is 4.39 Å². The van der Waals surface area contributed by atoms with Gasteiger partial charge < -0.3 is 19.6 Å². The summed E-state index contributed by atoms with van der Waals surface area (Å²) in [6.45, 7) is 2.74. The lowest BCUT2D eigenvalue weighted by molar-refractivity contribution is 0.222. The quantitative estimate of drug-likeness (QED) is 0.303. The fraction of sp³-hybridized carbons (Fsp3) is 0.600. The number of halogens is 1. The molecule has 0 aliphatic carbocycles. The van der Waals surface area contributed by atoms with Crippen LogP contribution in [0.5, 0.6) is 11.5 Å². The second-order valence-corrected chi connectivity index (χ2v) is 7.22. The SMILES string of the molecule is CCOc1ccc(OCCCCCCCP(=O)(O)NO)c(F)c1. The average Bonchev–Trinajstić information content (AvgIpc) is 2.52. The maximum absolute atomic E-state index is 13.7. The molecule has 23 heavy (non-hydrogen) atoms. The normalized spacial score (nSPS) is 13.6. The first-order valence-corrected chi connectivity index (χ1v) is 9.61. The fourth-order valence-corrected chi connectivity index (χ4v) is 2.80.